The van der Waals surface area contributed by atoms with Gasteiger partial charge in [-0.25, -0.2) is 18.2 Å². The lowest BCUT2D eigenvalue weighted by atomic mass is 9.84. The number of ether oxygens (including phenoxy) is 2. The third-order valence-corrected chi connectivity index (χ3v) is 9.60. The lowest BCUT2D eigenvalue weighted by molar-refractivity contribution is -0.135. The molecule has 4 heterocycles. The summed E-state index contributed by atoms with van der Waals surface area (Å²) < 4.78 is 56.2. The Morgan fingerprint density at radius 3 is 2.47 bits per heavy atom. The van der Waals surface area contributed by atoms with Crippen molar-refractivity contribution < 1.29 is 27.4 Å². The predicted octanol–water partition coefficient (Wildman–Crippen LogP) is 5.45. The number of nitrogens with zero attached hydrogens (tertiary/aromatic N) is 4. The Morgan fingerprint density at radius 2 is 1.87 bits per heavy atom. The molecule has 0 saturated carbocycles. The summed E-state index contributed by atoms with van der Waals surface area (Å²) in [5, 5.41) is 3.79. The van der Waals surface area contributed by atoms with E-state index in [0.29, 0.717) is 66.3 Å². The number of fused-ring (bicyclic) bond motifs is 1. The number of carbonyl (C=O) groups is 1. The Labute approximate surface area is 261 Å². The van der Waals surface area contributed by atoms with Crippen molar-refractivity contribution in [3.8, 4) is 5.75 Å². The topological polar surface area (TPSA) is 88.9 Å². The minimum absolute atomic E-state index is 0.0379. The van der Waals surface area contributed by atoms with Crippen molar-refractivity contribution in [3.05, 3.63) is 62.8 Å². The van der Waals surface area contributed by atoms with Gasteiger partial charge in [0.15, 0.2) is 5.75 Å². The molecule has 45 heavy (non-hydrogen) atoms. The Bertz CT molecular complexity index is 1640. The van der Waals surface area contributed by atoms with Gasteiger partial charge >= 0.3 is 0 Å². The van der Waals surface area contributed by atoms with E-state index in [2.05, 4.69) is 17.3 Å². The minimum Gasteiger partial charge on any atom is -0.488 e. The summed E-state index contributed by atoms with van der Waals surface area (Å²) in [4.78, 5) is 35.0. The Morgan fingerprint density at radius 1 is 1.18 bits per heavy atom. The Balaban J connectivity index is 1.64. The zero-order valence-electron chi connectivity index (χ0n) is 26.8. The highest BCUT2D eigenvalue weighted by atomic mass is 19.3. The van der Waals surface area contributed by atoms with Crippen LogP contribution in [-0.4, -0.2) is 71.7 Å². The lowest BCUT2D eigenvalue weighted by Gasteiger charge is -2.40. The van der Waals surface area contributed by atoms with E-state index in [1.807, 2.05) is 0 Å². The fraction of sp³-hybridized carbons (Fsp3) is 0.545. The van der Waals surface area contributed by atoms with E-state index in [1.54, 1.807) is 43.5 Å². The summed E-state index contributed by atoms with van der Waals surface area (Å²) in [5.41, 5.74) is -0.354. The zero-order chi connectivity index (χ0) is 32.6. The maximum Gasteiger partial charge on any atom is 0.266 e. The number of anilines is 1. The Kier molecular flexibility index (Phi) is 9.46. The van der Waals surface area contributed by atoms with Gasteiger partial charge in [0.25, 0.3) is 12.0 Å². The summed E-state index contributed by atoms with van der Waals surface area (Å²) in [6.07, 6.45) is -0.0335. The van der Waals surface area contributed by atoms with Crippen LogP contribution in [0.2, 0.25) is 0 Å². The number of hydrogen-bond acceptors (Lipinski definition) is 7. The maximum absolute atomic E-state index is 15.2. The number of aromatic nitrogens is 2. The van der Waals surface area contributed by atoms with E-state index in [9.17, 15) is 18.4 Å². The molecule has 2 fully saturated rings. The SMILES string of the molecule is COC1(c2cc3c(N[C@H](C)c4cccc(C(F)F)c4F)nc(C)c(OC[C@@H]4CCCN4C)c3n(C)c2=O)CCN(C(C)=O)CC1. The molecule has 1 N–H and O–H groups in total. The number of rotatable bonds is 9. The van der Waals surface area contributed by atoms with Gasteiger partial charge in [-0.3, -0.25) is 9.59 Å². The van der Waals surface area contributed by atoms with Crippen molar-refractivity contribution in [2.24, 2.45) is 7.05 Å². The van der Waals surface area contributed by atoms with E-state index >= 15 is 4.39 Å². The smallest absolute Gasteiger partial charge is 0.266 e. The van der Waals surface area contributed by atoms with Crippen molar-refractivity contribution in [1.82, 2.24) is 19.4 Å². The van der Waals surface area contributed by atoms with E-state index in [1.165, 1.54) is 19.1 Å². The third-order valence-electron chi connectivity index (χ3n) is 9.60. The molecule has 1 amide bonds. The molecule has 1 aromatic carbocycles. The van der Waals surface area contributed by atoms with Crippen LogP contribution >= 0.6 is 0 Å². The second-order valence-electron chi connectivity index (χ2n) is 12.3. The van der Waals surface area contributed by atoms with E-state index in [0.717, 1.165) is 25.5 Å². The highest BCUT2D eigenvalue weighted by molar-refractivity contribution is 5.95. The maximum atomic E-state index is 15.2. The number of amides is 1. The molecular weight excluding hydrogens is 587 g/mol. The van der Waals surface area contributed by atoms with Crippen LogP contribution in [0.5, 0.6) is 5.75 Å². The van der Waals surface area contributed by atoms with Crippen molar-refractivity contribution in [3.63, 3.8) is 0 Å². The molecule has 5 rings (SSSR count). The second-order valence-corrected chi connectivity index (χ2v) is 12.3. The first-order chi connectivity index (χ1) is 21.4. The van der Waals surface area contributed by atoms with Gasteiger partial charge in [0, 0.05) is 51.2 Å². The highest BCUT2D eigenvalue weighted by Crippen LogP contribution is 2.40. The average molecular weight is 630 g/mol. The first-order valence-corrected chi connectivity index (χ1v) is 15.4. The van der Waals surface area contributed by atoms with Crippen molar-refractivity contribution in [1.29, 1.82) is 0 Å². The minimum atomic E-state index is -2.95. The molecule has 12 heteroatoms. The molecule has 0 unspecified atom stereocenters. The second kappa shape index (κ2) is 13.0. The standard InChI is InChI=1S/C33H42F3N5O4/c1-19(23-10-7-11-24(27(23)34)30(35)36)37-31-25-17-26(33(44-6)12-15-41(16-13-33)21(3)42)32(43)40(5)28(25)29(20(2)38-31)45-18-22-9-8-14-39(22)4/h7,10-11,17,19,22,30H,8-9,12-16,18H2,1-6H3,(H,37,38)/t19-,22+/m1/s1. The molecule has 244 valence electrons. The van der Waals surface area contributed by atoms with Gasteiger partial charge in [-0.2, -0.15) is 0 Å². The van der Waals surface area contributed by atoms with E-state index in [-0.39, 0.29) is 23.1 Å². The number of benzene rings is 1. The number of alkyl halides is 2. The molecule has 0 aliphatic carbocycles. The summed E-state index contributed by atoms with van der Waals surface area (Å²) >= 11 is 0. The van der Waals surface area contributed by atoms with E-state index < -0.39 is 29.4 Å². The largest absolute Gasteiger partial charge is 0.488 e. The highest BCUT2D eigenvalue weighted by Gasteiger charge is 2.40. The number of halogens is 3. The monoisotopic (exact) mass is 629 g/mol. The van der Waals surface area contributed by atoms with Crippen LogP contribution in [0.25, 0.3) is 10.9 Å². The molecule has 2 atom stereocenters. The van der Waals surface area contributed by atoms with Crippen LogP contribution in [0.3, 0.4) is 0 Å². The quantitative estimate of drug-likeness (QED) is 0.337. The number of hydrogen-bond donors (Lipinski definition) is 1. The van der Waals surface area contributed by atoms with Gasteiger partial charge in [0.2, 0.25) is 5.91 Å². The lowest BCUT2D eigenvalue weighted by Crippen LogP contribution is -2.48. The van der Waals surface area contributed by atoms with Crippen LogP contribution in [0.15, 0.2) is 29.1 Å². The van der Waals surface area contributed by atoms with Gasteiger partial charge in [-0.1, -0.05) is 18.2 Å². The van der Waals surface area contributed by atoms with Gasteiger partial charge in [0.1, 0.15) is 23.8 Å². The average Bonchev–Trinajstić information content (AvgIpc) is 3.42. The molecule has 0 bridgehead atoms. The van der Waals surface area contributed by atoms with Crippen molar-refractivity contribution >= 4 is 22.6 Å². The molecule has 9 nitrogen and oxygen atoms in total. The molecular formula is C33H42F3N5O4. The number of likely N-dealkylation sites (tertiary alicyclic amines) is 2. The number of methoxy groups -OCH3 is 1. The number of carbonyl (C=O) groups excluding carboxylic acids is 1. The van der Waals surface area contributed by atoms with Gasteiger partial charge in [0.05, 0.1) is 28.4 Å². The number of aryl methyl sites for hydroxylation is 2. The van der Waals surface area contributed by atoms with Crippen molar-refractivity contribution in [2.75, 3.05) is 45.7 Å². The van der Waals surface area contributed by atoms with Crippen LogP contribution in [0.1, 0.15) is 74.4 Å². The normalized spacial score (nSPS) is 19.3. The first kappa shape index (κ1) is 32.7. The van der Waals surface area contributed by atoms with Gasteiger partial charge in [-0.05, 0) is 59.2 Å². The fourth-order valence-corrected chi connectivity index (χ4v) is 6.74. The van der Waals surface area contributed by atoms with Crippen molar-refractivity contribution in [2.45, 2.75) is 70.6 Å². The molecule has 0 radical (unpaired) electrons. The molecule has 0 spiro atoms. The third kappa shape index (κ3) is 6.14. The summed E-state index contributed by atoms with van der Waals surface area (Å²) in [6, 6.07) is 5.19. The summed E-state index contributed by atoms with van der Waals surface area (Å²) in [6.45, 7) is 7.25. The number of piperidine rings is 1. The first-order valence-electron chi connectivity index (χ1n) is 15.4. The van der Waals surface area contributed by atoms with Crippen LogP contribution in [0, 0.1) is 12.7 Å². The summed E-state index contributed by atoms with van der Waals surface area (Å²) in [5.74, 6) is -0.188. The fourth-order valence-electron chi connectivity index (χ4n) is 6.74. The number of nitrogens with one attached hydrogen (secondary N) is 1. The number of likely N-dealkylation sites (N-methyl/N-ethyl adjacent to an activating group) is 1. The van der Waals surface area contributed by atoms with E-state index in [4.69, 9.17) is 14.5 Å². The molecule has 2 saturated heterocycles. The molecule has 2 aliphatic rings. The van der Waals surface area contributed by atoms with Gasteiger partial charge < -0.3 is 29.2 Å². The van der Waals surface area contributed by atoms with Crippen LogP contribution in [0.4, 0.5) is 19.0 Å². The van der Waals surface area contributed by atoms with Crippen LogP contribution < -0.4 is 15.6 Å². The number of pyridine rings is 2. The summed E-state index contributed by atoms with van der Waals surface area (Å²) in [7, 11) is 5.30. The van der Waals surface area contributed by atoms with Crippen LogP contribution in [-0.2, 0) is 22.2 Å². The Hall–Kier alpha value is -3.64. The predicted molar refractivity (Wildman–Crippen MR) is 166 cm³/mol. The molecule has 3 aromatic rings. The molecule has 2 aliphatic heterocycles. The molecule has 2 aromatic heterocycles. The zero-order valence-corrected chi connectivity index (χ0v) is 26.8. The van der Waals surface area contributed by atoms with Gasteiger partial charge in [-0.15, -0.1) is 0 Å².